The molecule has 1 aliphatic carbocycles. The Morgan fingerprint density at radius 1 is 1.30 bits per heavy atom. The highest BCUT2D eigenvalue weighted by Gasteiger charge is 2.31. The fourth-order valence-electron chi connectivity index (χ4n) is 2.66. The van der Waals surface area contributed by atoms with Crippen molar-refractivity contribution < 1.29 is 14.3 Å². The van der Waals surface area contributed by atoms with Gasteiger partial charge in [0.15, 0.2) is 0 Å². The lowest BCUT2D eigenvalue weighted by atomic mass is 9.94. The summed E-state index contributed by atoms with van der Waals surface area (Å²) in [6.07, 6.45) is 7.84. The maximum atomic E-state index is 12.2. The van der Waals surface area contributed by atoms with Crippen LogP contribution in [-0.4, -0.2) is 30.0 Å². The Kier molecular flexibility index (Phi) is 5.09. The molecule has 20 heavy (non-hydrogen) atoms. The summed E-state index contributed by atoms with van der Waals surface area (Å²) in [5, 5.41) is 2.96. The topological polar surface area (TPSA) is 68.3 Å². The molecule has 2 rings (SSSR count). The number of hydrogen-bond donors (Lipinski definition) is 1. The monoisotopic (exact) mass is 276 g/mol. The second-order valence-corrected chi connectivity index (χ2v) is 5.09. The van der Waals surface area contributed by atoms with Crippen LogP contribution < -0.4 is 5.32 Å². The first-order valence-electron chi connectivity index (χ1n) is 7.01. The molecule has 1 saturated carbocycles. The van der Waals surface area contributed by atoms with Gasteiger partial charge in [-0.3, -0.25) is 14.6 Å². The lowest BCUT2D eigenvalue weighted by Gasteiger charge is -2.24. The lowest BCUT2D eigenvalue weighted by Crippen LogP contribution is -2.43. The van der Waals surface area contributed by atoms with E-state index in [9.17, 15) is 9.59 Å². The van der Waals surface area contributed by atoms with Crippen LogP contribution in [0.3, 0.4) is 0 Å². The van der Waals surface area contributed by atoms with E-state index in [-0.39, 0.29) is 23.8 Å². The second kappa shape index (κ2) is 7.03. The molecule has 5 nitrogen and oxygen atoms in total. The molecule has 1 fully saturated rings. The average molecular weight is 276 g/mol. The van der Waals surface area contributed by atoms with Crippen molar-refractivity contribution in [3.63, 3.8) is 0 Å². The lowest BCUT2D eigenvalue weighted by molar-refractivity contribution is -0.146. The molecular formula is C15H20N2O3. The summed E-state index contributed by atoms with van der Waals surface area (Å²) < 4.78 is 4.86. The molecule has 2 unspecified atom stereocenters. The molecule has 108 valence electrons. The first-order chi connectivity index (χ1) is 9.72. The van der Waals surface area contributed by atoms with Crippen LogP contribution in [0.4, 0.5) is 0 Å². The number of methoxy groups -OCH3 is 1. The van der Waals surface area contributed by atoms with E-state index in [1.807, 2.05) is 0 Å². The molecule has 0 spiro atoms. The minimum Gasteiger partial charge on any atom is -0.469 e. The predicted molar refractivity (Wildman–Crippen MR) is 74.1 cm³/mol. The minimum absolute atomic E-state index is 0.155. The van der Waals surface area contributed by atoms with E-state index in [1.54, 1.807) is 18.3 Å². The number of esters is 1. The third-order valence-corrected chi connectivity index (χ3v) is 3.76. The van der Waals surface area contributed by atoms with Crippen LogP contribution in [0, 0.1) is 5.92 Å². The summed E-state index contributed by atoms with van der Waals surface area (Å²) in [4.78, 5) is 28.0. The van der Waals surface area contributed by atoms with Gasteiger partial charge < -0.3 is 10.1 Å². The third kappa shape index (κ3) is 3.56. The fraction of sp³-hybridized carbons (Fsp3) is 0.533. The van der Waals surface area contributed by atoms with Crippen molar-refractivity contribution in [2.75, 3.05) is 7.11 Å². The molecule has 0 radical (unpaired) electrons. The Balaban J connectivity index is 2.07. The summed E-state index contributed by atoms with van der Waals surface area (Å²) >= 11 is 0. The Bertz CT molecular complexity index is 461. The second-order valence-electron chi connectivity index (χ2n) is 5.09. The molecular weight excluding hydrogens is 256 g/mol. The van der Waals surface area contributed by atoms with Crippen LogP contribution in [-0.2, 0) is 9.53 Å². The maximum absolute atomic E-state index is 12.2. The molecule has 1 N–H and O–H groups in total. The van der Waals surface area contributed by atoms with Gasteiger partial charge in [-0.2, -0.15) is 0 Å². The number of rotatable bonds is 3. The van der Waals surface area contributed by atoms with Gasteiger partial charge in [0.25, 0.3) is 5.91 Å². The Morgan fingerprint density at radius 2 is 2.10 bits per heavy atom. The van der Waals surface area contributed by atoms with Gasteiger partial charge in [0.1, 0.15) is 0 Å². The van der Waals surface area contributed by atoms with Crippen molar-refractivity contribution >= 4 is 11.9 Å². The number of nitrogens with zero attached hydrogens (tertiary/aromatic N) is 1. The Labute approximate surface area is 118 Å². The van der Waals surface area contributed by atoms with Crippen LogP contribution in [0.1, 0.15) is 42.5 Å². The van der Waals surface area contributed by atoms with Crippen molar-refractivity contribution in [3.8, 4) is 0 Å². The molecule has 1 aliphatic rings. The van der Waals surface area contributed by atoms with Gasteiger partial charge in [-0.1, -0.05) is 19.3 Å². The normalized spacial score (nSPS) is 22.6. The SMILES string of the molecule is COC(=O)C1CCCCCC1NC(=O)c1cccnc1. The number of carbonyl (C=O) groups is 2. The van der Waals surface area contributed by atoms with Gasteiger partial charge in [-0.15, -0.1) is 0 Å². The van der Waals surface area contributed by atoms with Crippen molar-refractivity contribution in [1.82, 2.24) is 10.3 Å². The highest BCUT2D eigenvalue weighted by molar-refractivity contribution is 5.94. The van der Waals surface area contributed by atoms with E-state index in [0.717, 1.165) is 32.1 Å². The van der Waals surface area contributed by atoms with E-state index in [4.69, 9.17) is 4.74 Å². The number of amides is 1. The zero-order valence-corrected chi connectivity index (χ0v) is 11.7. The largest absolute Gasteiger partial charge is 0.469 e. The molecule has 1 aromatic heterocycles. The molecule has 0 bridgehead atoms. The molecule has 2 atom stereocenters. The van der Waals surface area contributed by atoms with Gasteiger partial charge >= 0.3 is 5.97 Å². The van der Waals surface area contributed by atoms with Gasteiger partial charge in [-0.05, 0) is 25.0 Å². The summed E-state index contributed by atoms with van der Waals surface area (Å²) in [6, 6.07) is 3.28. The summed E-state index contributed by atoms with van der Waals surface area (Å²) in [5.74, 6) is -0.662. The predicted octanol–water partition coefficient (Wildman–Crippen LogP) is 1.93. The molecule has 1 heterocycles. The van der Waals surface area contributed by atoms with Gasteiger partial charge in [0, 0.05) is 18.4 Å². The fourth-order valence-corrected chi connectivity index (χ4v) is 2.66. The van der Waals surface area contributed by atoms with Crippen LogP contribution in [0.2, 0.25) is 0 Å². The highest BCUT2D eigenvalue weighted by atomic mass is 16.5. The van der Waals surface area contributed by atoms with Crippen molar-refractivity contribution in [2.45, 2.75) is 38.1 Å². The molecule has 5 heteroatoms. The first kappa shape index (κ1) is 14.5. The first-order valence-corrected chi connectivity index (χ1v) is 7.01. The van der Waals surface area contributed by atoms with Crippen LogP contribution in [0.15, 0.2) is 24.5 Å². The molecule has 1 amide bonds. The van der Waals surface area contributed by atoms with E-state index in [0.29, 0.717) is 5.56 Å². The minimum atomic E-state index is -0.247. The van der Waals surface area contributed by atoms with Crippen molar-refractivity contribution in [1.29, 1.82) is 0 Å². The Hall–Kier alpha value is -1.91. The molecule has 0 aromatic carbocycles. The number of carbonyl (C=O) groups excluding carboxylic acids is 2. The van der Waals surface area contributed by atoms with E-state index < -0.39 is 0 Å². The van der Waals surface area contributed by atoms with Gasteiger partial charge in [0.2, 0.25) is 0 Å². The average Bonchev–Trinajstić information content (AvgIpc) is 2.73. The summed E-state index contributed by atoms with van der Waals surface area (Å²) in [5.41, 5.74) is 0.514. The summed E-state index contributed by atoms with van der Waals surface area (Å²) in [6.45, 7) is 0. The smallest absolute Gasteiger partial charge is 0.310 e. The highest BCUT2D eigenvalue weighted by Crippen LogP contribution is 2.24. The van der Waals surface area contributed by atoms with E-state index in [1.165, 1.54) is 13.3 Å². The zero-order chi connectivity index (χ0) is 14.4. The number of aromatic nitrogens is 1. The number of pyridine rings is 1. The number of ether oxygens (including phenoxy) is 1. The quantitative estimate of drug-likeness (QED) is 0.676. The van der Waals surface area contributed by atoms with Crippen LogP contribution in [0.5, 0.6) is 0 Å². The van der Waals surface area contributed by atoms with Gasteiger partial charge in [0.05, 0.1) is 18.6 Å². The maximum Gasteiger partial charge on any atom is 0.310 e. The molecule has 0 saturated heterocycles. The number of hydrogen-bond acceptors (Lipinski definition) is 4. The van der Waals surface area contributed by atoms with Crippen molar-refractivity contribution in [2.24, 2.45) is 5.92 Å². The summed E-state index contributed by atoms with van der Waals surface area (Å²) in [7, 11) is 1.40. The molecule has 1 aromatic rings. The van der Waals surface area contributed by atoms with Gasteiger partial charge in [-0.25, -0.2) is 0 Å². The van der Waals surface area contributed by atoms with Crippen LogP contribution in [0.25, 0.3) is 0 Å². The third-order valence-electron chi connectivity index (χ3n) is 3.76. The number of nitrogens with one attached hydrogen (secondary N) is 1. The van der Waals surface area contributed by atoms with E-state index >= 15 is 0 Å². The molecule has 0 aliphatic heterocycles. The van der Waals surface area contributed by atoms with Crippen LogP contribution >= 0.6 is 0 Å². The van der Waals surface area contributed by atoms with E-state index in [2.05, 4.69) is 10.3 Å². The zero-order valence-electron chi connectivity index (χ0n) is 11.7. The van der Waals surface area contributed by atoms with Crippen molar-refractivity contribution in [3.05, 3.63) is 30.1 Å². The standard InChI is InChI=1S/C15H20N2O3/c1-20-15(19)12-7-3-2-4-8-13(12)17-14(18)11-6-5-9-16-10-11/h5-6,9-10,12-13H,2-4,7-8H2,1H3,(H,17,18). The Morgan fingerprint density at radius 3 is 2.80 bits per heavy atom.